The van der Waals surface area contributed by atoms with Crippen molar-refractivity contribution in [2.75, 3.05) is 6.54 Å². The van der Waals surface area contributed by atoms with E-state index in [2.05, 4.69) is 25.3 Å². The second-order valence-electron chi connectivity index (χ2n) is 4.78. The number of hydrogen-bond donors (Lipinski definition) is 1. The summed E-state index contributed by atoms with van der Waals surface area (Å²) < 4.78 is 40.3. The summed E-state index contributed by atoms with van der Waals surface area (Å²) in [6.45, 7) is -0.172. The molecule has 7 nitrogen and oxygen atoms in total. The van der Waals surface area contributed by atoms with E-state index in [4.69, 9.17) is 0 Å². The number of nitrogens with zero attached hydrogens (tertiary/aromatic N) is 5. The van der Waals surface area contributed by atoms with Crippen molar-refractivity contribution in [2.45, 2.75) is 12.7 Å². The Labute approximate surface area is 133 Å². The molecule has 0 aliphatic rings. The fourth-order valence-corrected chi connectivity index (χ4v) is 2.17. The van der Waals surface area contributed by atoms with Crippen molar-refractivity contribution in [3.63, 3.8) is 0 Å². The molecule has 0 aromatic carbocycles. The topological polar surface area (TPSA) is 85.6 Å². The van der Waals surface area contributed by atoms with Crippen molar-refractivity contribution < 1.29 is 18.0 Å². The van der Waals surface area contributed by atoms with Crippen LogP contribution in [0.2, 0.25) is 0 Å². The molecule has 10 heteroatoms. The van der Waals surface area contributed by atoms with Gasteiger partial charge in [0, 0.05) is 31.7 Å². The molecule has 1 N–H and O–H groups in total. The molecule has 0 atom stereocenters. The van der Waals surface area contributed by atoms with Crippen LogP contribution in [0, 0.1) is 0 Å². The minimum atomic E-state index is -4.62. The highest BCUT2D eigenvalue weighted by Gasteiger charge is 2.37. The number of halogens is 3. The van der Waals surface area contributed by atoms with E-state index in [-0.39, 0.29) is 29.9 Å². The van der Waals surface area contributed by atoms with Gasteiger partial charge in [-0.25, -0.2) is 15.0 Å². The molecule has 3 rings (SSSR count). The first-order valence-electron chi connectivity index (χ1n) is 6.89. The van der Waals surface area contributed by atoms with Crippen molar-refractivity contribution >= 4 is 17.1 Å². The van der Waals surface area contributed by atoms with Gasteiger partial charge in [-0.05, 0) is 12.1 Å². The normalized spacial score (nSPS) is 11.6. The van der Waals surface area contributed by atoms with Crippen molar-refractivity contribution in [3.8, 4) is 0 Å². The Morgan fingerprint density at radius 1 is 1.21 bits per heavy atom. The van der Waals surface area contributed by atoms with Gasteiger partial charge in [0.1, 0.15) is 11.2 Å². The third-order valence-electron chi connectivity index (χ3n) is 3.17. The molecule has 0 unspecified atom stereocenters. The Morgan fingerprint density at radius 2 is 2.04 bits per heavy atom. The van der Waals surface area contributed by atoms with Gasteiger partial charge < -0.3 is 9.88 Å². The molecule has 3 aromatic rings. The highest BCUT2D eigenvalue weighted by Crippen LogP contribution is 2.30. The zero-order valence-corrected chi connectivity index (χ0v) is 12.2. The highest BCUT2D eigenvalue weighted by atomic mass is 19.4. The fraction of sp³-hybridized carbons (Fsp3) is 0.214. The number of carbonyl (C=O) groups excluding carboxylic acids is 1. The first-order valence-corrected chi connectivity index (χ1v) is 6.89. The van der Waals surface area contributed by atoms with E-state index in [1.165, 1.54) is 36.9 Å². The maximum atomic E-state index is 13.1. The number of rotatable bonds is 4. The number of carbonyl (C=O) groups is 1. The first kappa shape index (κ1) is 15.8. The van der Waals surface area contributed by atoms with Crippen molar-refractivity contribution in [1.29, 1.82) is 0 Å². The molecule has 0 bridgehead atoms. The summed E-state index contributed by atoms with van der Waals surface area (Å²) in [5.41, 5.74) is 0.339. The van der Waals surface area contributed by atoms with E-state index in [0.29, 0.717) is 0 Å². The van der Waals surface area contributed by atoms with E-state index in [9.17, 15) is 18.0 Å². The molecule has 0 spiro atoms. The van der Waals surface area contributed by atoms with E-state index in [1.54, 1.807) is 0 Å². The van der Waals surface area contributed by atoms with Gasteiger partial charge in [0.15, 0.2) is 5.65 Å². The van der Waals surface area contributed by atoms with E-state index < -0.39 is 17.9 Å². The van der Waals surface area contributed by atoms with Gasteiger partial charge in [-0.1, -0.05) is 0 Å². The molecular weight excluding hydrogens is 325 g/mol. The molecule has 1 amide bonds. The number of nitrogens with one attached hydrogen (secondary N) is 1. The number of pyridine rings is 1. The van der Waals surface area contributed by atoms with Crippen LogP contribution >= 0.6 is 0 Å². The summed E-state index contributed by atoms with van der Waals surface area (Å²) >= 11 is 0. The lowest BCUT2D eigenvalue weighted by Gasteiger charge is -2.11. The lowest BCUT2D eigenvalue weighted by atomic mass is 10.4. The lowest BCUT2D eigenvalue weighted by molar-refractivity contribution is -0.146. The van der Waals surface area contributed by atoms with Gasteiger partial charge in [0.05, 0.1) is 6.20 Å². The van der Waals surface area contributed by atoms with Crippen LogP contribution in [0.15, 0.2) is 36.9 Å². The largest absolute Gasteiger partial charge is 0.449 e. The van der Waals surface area contributed by atoms with Crippen LogP contribution in [-0.2, 0) is 12.7 Å². The Morgan fingerprint density at radius 3 is 2.75 bits per heavy atom. The van der Waals surface area contributed by atoms with Gasteiger partial charge >= 0.3 is 6.18 Å². The standard InChI is InChI=1S/C14H11F3N6O/c15-14(16,17)13-22-9-2-1-3-20-11(9)23(13)7-6-21-12(24)10-8-18-4-5-19-10/h1-5,8H,6-7H2,(H,21,24). The van der Waals surface area contributed by atoms with Gasteiger partial charge in [-0.15, -0.1) is 0 Å². The Balaban J connectivity index is 1.79. The molecule has 0 saturated carbocycles. The summed E-state index contributed by atoms with van der Waals surface area (Å²) in [6, 6.07) is 2.96. The van der Waals surface area contributed by atoms with Crippen LogP contribution < -0.4 is 5.32 Å². The lowest BCUT2D eigenvalue weighted by Crippen LogP contribution is -2.29. The van der Waals surface area contributed by atoms with Crippen molar-refractivity contribution in [3.05, 3.63) is 48.4 Å². The van der Waals surface area contributed by atoms with Crippen LogP contribution in [0.3, 0.4) is 0 Å². The minimum Gasteiger partial charge on any atom is -0.349 e. The van der Waals surface area contributed by atoms with Gasteiger partial charge in [0.2, 0.25) is 5.82 Å². The Hall–Kier alpha value is -3.04. The number of aromatic nitrogens is 5. The molecule has 0 aliphatic heterocycles. The molecule has 0 saturated heterocycles. The van der Waals surface area contributed by atoms with Crippen LogP contribution in [0.5, 0.6) is 0 Å². The molecular formula is C14H11F3N6O. The number of fused-ring (bicyclic) bond motifs is 1. The molecule has 3 aromatic heterocycles. The third kappa shape index (κ3) is 3.16. The predicted octanol–water partition coefficient (Wildman–Crippen LogP) is 1.67. The fourth-order valence-electron chi connectivity index (χ4n) is 2.17. The zero-order valence-electron chi connectivity index (χ0n) is 12.2. The molecule has 0 fully saturated rings. The first-order chi connectivity index (χ1) is 11.5. The smallest absolute Gasteiger partial charge is 0.349 e. The highest BCUT2D eigenvalue weighted by molar-refractivity contribution is 5.91. The van der Waals surface area contributed by atoms with Gasteiger partial charge in [-0.2, -0.15) is 13.2 Å². The molecule has 24 heavy (non-hydrogen) atoms. The molecule has 0 radical (unpaired) electrons. The minimum absolute atomic E-state index is 0.0411. The number of hydrogen-bond acceptors (Lipinski definition) is 5. The molecule has 3 heterocycles. The molecule has 0 aliphatic carbocycles. The maximum Gasteiger partial charge on any atom is 0.449 e. The van der Waals surface area contributed by atoms with E-state index in [0.717, 1.165) is 4.57 Å². The van der Waals surface area contributed by atoms with E-state index in [1.807, 2.05) is 0 Å². The second-order valence-corrected chi connectivity index (χ2v) is 4.78. The summed E-state index contributed by atoms with van der Waals surface area (Å²) in [6.07, 6.45) is 0.804. The maximum absolute atomic E-state index is 13.1. The number of alkyl halides is 3. The van der Waals surface area contributed by atoms with Crippen LogP contribution in [0.1, 0.15) is 16.3 Å². The average molecular weight is 336 g/mol. The summed E-state index contributed by atoms with van der Waals surface area (Å²) in [7, 11) is 0. The van der Waals surface area contributed by atoms with Gasteiger partial charge in [0.25, 0.3) is 5.91 Å². The SMILES string of the molecule is O=C(NCCn1c(C(F)(F)F)nc2cccnc21)c1cnccn1. The third-order valence-corrected chi connectivity index (χ3v) is 3.17. The van der Waals surface area contributed by atoms with Crippen LogP contribution in [0.4, 0.5) is 13.2 Å². The quantitative estimate of drug-likeness (QED) is 0.783. The van der Waals surface area contributed by atoms with Crippen molar-refractivity contribution in [2.24, 2.45) is 0 Å². The number of amides is 1. The summed E-state index contributed by atoms with van der Waals surface area (Å²) in [4.78, 5) is 26.9. The second kappa shape index (κ2) is 6.22. The Bertz CT molecular complexity index is 862. The van der Waals surface area contributed by atoms with E-state index >= 15 is 0 Å². The monoisotopic (exact) mass is 336 g/mol. The summed E-state index contributed by atoms with van der Waals surface area (Å²) in [5.74, 6) is -1.57. The molecule has 124 valence electrons. The Kier molecular flexibility index (Phi) is 4.11. The summed E-state index contributed by atoms with van der Waals surface area (Å²) in [5, 5.41) is 2.50. The zero-order chi connectivity index (χ0) is 17.2. The average Bonchev–Trinajstić information content (AvgIpc) is 2.95. The van der Waals surface area contributed by atoms with Crippen LogP contribution in [-0.4, -0.2) is 37.0 Å². The number of imidazole rings is 1. The predicted molar refractivity (Wildman–Crippen MR) is 76.9 cm³/mol. The van der Waals surface area contributed by atoms with Crippen LogP contribution in [0.25, 0.3) is 11.2 Å². The van der Waals surface area contributed by atoms with Gasteiger partial charge in [-0.3, -0.25) is 9.78 Å². The van der Waals surface area contributed by atoms with Crippen molar-refractivity contribution in [1.82, 2.24) is 29.8 Å².